The molecule has 0 atom stereocenters. The Morgan fingerprint density at radius 3 is 2.62 bits per heavy atom. The number of methoxy groups -OCH3 is 1. The van der Waals surface area contributed by atoms with Crippen molar-refractivity contribution in [2.24, 2.45) is 5.92 Å². The normalized spacial score (nSPS) is 11.0. The molecule has 1 aromatic carbocycles. The maximum atomic E-state index is 6.21. The summed E-state index contributed by atoms with van der Waals surface area (Å²) in [5, 5.41) is 0.463. The maximum Gasteiger partial charge on any atom is 0.147 e. The van der Waals surface area contributed by atoms with Crippen LogP contribution in [-0.4, -0.2) is 17.1 Å². The van der Waals surface area contributed by atoms with Crippen LogP contribution in [0.2, 0.25) is 5.15 Å². The zero-order chi connectivity index (χ0) is 15.4. The largest absolute Gasteiger partial charge is 0.496 e. The highest BCUT2D eigenvalue weighted by Gasteiger charge is 2.13. The third-order valence-corrected chi connectivity index (χ3v) is 4.40. The van der Waals surface area contributed by atoms with E-state index in [1.165, 1.54) is 0 Å². The van der Waals surface area contributed by atoms with Crippen molar-refractivity contribution in [3.05, 3.63) is 51.0 Å². The van der Waals surface area contributed by atoms with Gasteiger partial charge in [-0.1, -0.05) is 43.6 Å². The summed E-state index contributed by atoms with van der Waals surface area (Å²) in [6.45, 7) is 4.31. The van der Waals surface area contributed by atoms with Gasteiger partial charge in [-0.05, 0) is 34.3 Å². The van der Waals surface area contributed by atoms with Crippen LogP contribution in [0.5, 0.6) is 5.75 Å². The van der Waals surface area contributed by atoms with Crippen molar-refractivity contribution >= 4 is 27.5 Å². The Kier molecular flexibility index (Phi) is 5.59. The molecule has 0 fully saturated rings. The van der Waals surface area contributed by atoms with Gasteiger partial charge in [0.1, 0.15) is 16.7 Å². The second-order valence-electron chi connectivity index (χ2n) is 5.28. The summed E-state index contributed by atoms with van der Waals surface area (Å²) >= 11 is 9.69. The highest BCUT2D eigenvalue weighted by Crippen LogP contribution is 2.27. The van der Waals surface area contributed by atoms with Crippen LogP contribution in [0.3, 0.4) is 0 Å². The minimum Gasteiger partial charge on any atom is -0.496 e. The van der Waals surface area contributed by atoms with E-state index in [1.807, 2.05) is 24.3 Å². The topological polar surface area (TPSA) is 35.0 Å². The second kappa shape index (κ2) is 7.23. The molecule has 0 aliphatic heterocycles. The lowest BCUT2D eigenvalue weighted by Gasteiger charge is -2.11. The van der Waals surface area contributed by atoms with E-state index in [1.54, 1.807) is 7.11 Å². The first-order chi connectivity index (χ1) is 10.0. The molecule has 2 aromatic rings. The summed E-state index contributed by atoms with van der Waals surface area (Å²) in [4.78, 5) is 9.01. The Morgan fingerprint density at radius 1 is 1.24 bits per heavy atom. The average Bonchev–Trinajstić information content (AvgIpc) is 2.44. The summed E-state index contributed by atoms with van der Waals surface area (Å²) in [6, 6.07) is 7.88. The molecule has 0 radical (unpaired) electrons. The number of rotatable bonds is 5. The average molecular weight is 370 g/mol. The lowest BCUT2D eigenvalue weighted by Crippen LogP contribution is -2.06. The monoisotopic (exact) mass is 368 g/mol. The van der Waals surface area contributed by atoms with Gasteiger partial charge >= 0.3 is 0 Å². The van der Waals surface area contributed by atoms with Gasteiger partial charge in [-0.2, -0.15) is 0 Å². The van der Waals surface area contributed by atoms with Gasteiger partial charge < -0.3 is 4.74 Å². The van der Waals surface area contributed by atoms with Gasteiger partial charge in [-0.25, -0.2) is 9.97 Å². The highest BCUT2D eigenvalue weighted by molar-refractivity contribution is 9.10. The van der Waals surface area contributed by atoms with Gasteiger partial charge in [0.25, 0.3) is 0 Å². The number of ether oxygens (including phenoxy) is 1. The third-order valence-electron chi connectivity index (χ3n) is 3.07. The molecule has 0 saturated heterocycles. The zero-order valence-electron chi connectivity index (χ0n) is 12.4. The summed E-state index contributed by atoms with van der Waals surface area (Å²) in [7, 11) is 1.67. The molecule has 0 spiro atoms. The Bertz CT molecular complexity index is 632. The van der Waals surface area contributed by atoms with E-state index in [0.717, 1.165) is 27.9 Å². The van der Waals surface area contributed by atoms with Crippen molar-refractivity contribution in [2.75, 3.05) is 7.11 Å². The lowest BCUT2D eigenvalue weighted by atomic mass is 10.1. The van der Waals surface area contributed by atoms with Gasteiger partial charge in [-0.15, -0.1) is 0 Å². The smallest absolute Gasteiger partial charge is 0.147 e. The molecule has 21 heavy (non-hydrogen) atoms. The van der Waals surface area contributed by atoms with Crippen LogP contribution >= 0.6 is 27.5 Å². The Labute approximate surface area is 138 Å². The molecule has 1 heterocycles. The van der Waals surface area contributed by atoms with E-state index in [2.05, 4.69) is 39.7 Å². The fourth-order valence-electron chi connectivity index (χ4n) is 2.13. The van der Waals surface area contributed by atoms with Crippen molar-refractivity contribution in [1.82, 2.24) is 9.97 Å². The van der Waals surface area contributed by atoms with E-state index >= 15 is 0 Å². The Balaban J connectivity index is 2.34. The number of para-hydroxylation sites is 1. The van der Waals surface area contributed by atoms with Crippen molar-refractivity contribution in [3.63, 3.8) is 0 Å². The first-order valence-corrected chi connectivity index (χ1v) is 8.01. The number of aromatic nitrogens is 2. The standard InChI is InChI=1S/C16H18BrClN2O/c1-10(2)8-12-15(17)16(18)20-14(19-12)9-11-6-4-5-7-13(11)21-3/h4-7,10H,8-9H2,1-3H3. The van der Waals surface area contributed by atoms with Crippen LogP contribution in [0.15, 0.2) is 28.7 Å². The number of hydrogen-bond donors (Lipinski definition) is 0. The van der Waals surface area contributed by atoms with E-state index < -0.39 is 0 Å². The van der Waals surface area contributed by atoms with Crippen LogP contribution in [-0.2, 0) is 12.8 Å². The van der Waals surface area contributed by atoms with Crippen molar-refractivity contribution < 1.29 is 4.74 Å². The van der Waals surface area contributed by atoms with Crippen molar-refractivity contribution in [2.45, 2.75) is 26.7 Å². The fraction of sp³-hybridized carbons (Fsp3) is 0.375. The molecular weight excluding hydrogens is 352 g/mol. The highest BCUT2D eigenvalue weighted by atomic mass is 79.9. The van der Waals surface area contributed by atoms with E-state index in [0.29, 0.717) is 23.3 Å². The molecule has 1 aromatic heterocycles. The molecule has 0 bridgehead atoms. The predicted octanol–water partition coefficient (Wildman–Crippen LogP) is 4.69. The van der Waals surface area contributed by atoms with E-state index in [4.69, 9.17) is 16.3 Å². The minimum absolute atomic E-state index is 0.463. The summed E-state index contributed by atoms with van der Waals surface area (Å²) in [6.07, 6.45) is 1.46. The molecule has 0 aliphatic carbocycles. The summed E-state index contributed by atoms with van der Waals surface area (Å²) < 4.78 is 6.16. The molecule has 0 N–H and O–H groups in total. The first kappa shape index (κ1) is 16.2. The molecule has 0 unspecified atom stereocenters. The van der Waals surface area contributed by atoms with Crippen LogP contribution in [0.4, 0.5) is 0 Å². The fourth-order valence-corrected chi connectivity index (χ4v) is 2.68. The number of nitrogens with zero attached hydrogens (tertiary/aromatic N) is 2. The molecule has 3 nitrogen and oxygen atoms in total. The van der Waals surface area contributed by atoms with Crippen molar-refractivity contribution in [1.29, 1.82) is 0 Å². The van der Waals surface area contributed by atoms with E-state index in [-0.39, 0.29) is 0 Å². The van der Waals surface area contributed by atoms with Gasteiger partial charge in [0, 0.05) is 12.0 Å². The van der Waals surface area contributed by atoms with E-state index in [9.17, 15) is 0 Å². The molecule has 5 heteroatoms. The minimum atomic E-state index is 0.463. The SMILES string of the molecule is COc1ccccc1Cc1nc(Cl)c(Br)c(CC(C)C)n1. The second-order valence-corrected chi connectivity index (χ2v) is 6.43. The molecule has 112 valence electrons. The quantitative estimate of drug-likeness (QED) is 0.717. The maximum absolute atomic E-state index is 6.21. The van der Waals surface area contributed by atoms with Crippen molar-refractivity contribution in [3.8, 4) is 5.75 Å². The molecule has 0 aliphatic rings. The lowest BCUT2D eigenvalue weighted by molar-refractivity contribution is 0.410. The Morgan fingerprint density at radius 2 is 1.95 bits per heavy atom. The first-order valence-electron chi connectivity index (χ1n) is 6.84. The molecule has 2 rings (SSSR count). The number of benzene rings is 1. The molecule has 0 saturated carbocycles. The zero-order valence-corrected chi connectivity index (χ0v) is 14.7. The summed E-state index contributed by atoms with van der Waals surface area (Å²) in [5.41, 5.74) is 2.00. The number of halogens is 2. The molecule has 0 amide bonds. The number of hydrogen-bond acceptors (Lipinski definition) is 3. The van der Waals surface area contributed by atoms with Gasteiger partial charge in [0.05, 0.1) is 17.3 Å². The van der Waals surface area contributed by atoms with Crippen LogP contribution in [0.25, 0.3) is 0 Å². The Hall–Kier alpha value is -1.13. The van der Waals surface area contributed by atoms with Gasteiger partial charge in [-0.3, -0.25) is 0 Å². The van der Waals surface area contributed by atoms with Gasteiger partial charge in [0.2, 0.25) is 0 Å². The predicted molar refractivity (Wildman–Crippen MR) is 89.1 cm³/mol. The molecular formula is C16H18BrClN2O. The van der Waals surface area contributed by atoms with Crippen LogP contribution in [0.1, 0.15) is 30.9 Å². The van der Waals surface area contributed by atoms with Crippen LogP contribution < -0.4 is 4.74 Å². The van der Waals surface area contributed by atoms with Gasteiger partial charge in [0.15, 0.2) is 0 Å². The van der Waals surface area contributed by atoms with Crippen LogP contribution in [0, 0.1) is 5.92 Å². The summed E-state index contributed by atoms with van der Waals surface area (Å²) in [5.74, 6) is 2.06. The third kappa shape index (κ3) is 4.17.